The zero-order valence-corrected chi connectivity index (χ0v) is 9.73. The van der Waals surface area contributed by atoms with E-state index in [0.717, 1.165) is 0 Å². The second-order valence-corrected chi connectivity index (χ2v) is 5.20. The molecule has 1 rings (SSSR count). The van der Waals surface area contributed by atoms with E-state index < -0.39 is 19.4 Å². The van der Waals surface area contributed by atoms with Crippen molar-refractivity contribution in [1.29, 1.82) is 0 Å². The molecule has 4 nitrogen and oxygen atoms in total. The van der Waals surface area contributed by atoms with Gasteiger partial charge in [0.05, 0.1) is 6.42 Å². The maximum atomic E-state index is 11.2. The van der Waals surface area contributed by atoms with Gasteiger partial charge in [0.15, 0.2) is 0 Å². The summed E-state index contributed by atoms with van der Waals surface area (Å²) < 4.78 is 11.2. The molecule has 5 heteroatoms. The number of allylic oxidation sites excluding steroid dienone is 4. The maximum Gasteiger partial charge on any atom is 0.304 e. The lowest BCUT2D eigenvalue weighted by atomic mass is 9.73. The van der Waals surface area contributed by atoms with Gasteiger partial charge in [-0.2, -0.15) is 0 Å². The molecule has 1 aliphatic carbocycles. The molecule has 0 aromatic heterocycles. The Morgan fingerprint density at radius 2 is 2.27 bits per heavy atom. The summed E-state index contributed by atoms with van der Waals surface area (Å²) >= 11 is 0. The second-order valence-electron chi connectivity index (χ2n) is 4.05. The van der Waals surface area contributed by atoms with Crippen LogP contribution in [0.5, 0.6) is 0 Å². The summed E-state index contributed by atoms with van der Waals surface area (Å²) in [7, 11) is -2.82. The Morgan fingerprint density at radius 3 is 2.73 bits per heavy atom. The molecule has 0 fully saturated rings. The SMILES string of the molecule is CC1C=CC=C([PH](=O)O)C1(C)CC(=O)O. The molecule has 0 aliphatic heterocycles. The predicted octanol–water partition coefficient (Wildman–Crippen LogP) is 2.02. The van der Waals surface area contributed by atoms with Crippen molar-refractivity contribution < 1.29 is 19.4 Å². The van der Waals surface area contributed by atoms with Gasteiger partial charge < -0.3 is 10.00 Å². The van der Waals surface area contributed by atoms with Gasteiger partial charge in [-0.25, -0.2) is 0 Å². The summed E-state index contributed by atoms with van der Waals surface area (Å²) in [4.78, 5) is 20.0. The van der Waals surface area contributed by atoms with Crippen LogP contribution in [0.25, 0.3) is 0 Å². The largest absolute Gasteiger partial charge is 0.481 e. The summed E-state index contributed by atoms with van der Waals surface area (Å²) in [6.07, 6.45) is 5.01. The quantitative estimate of drug-likeness (QED) is 0.727. The second kappa shape index (κ2) is 4.33. The molecule has 0 aromatic carbocycles. The minimum atomic E-state index is -2.82. The van der Waals surface area contributed by atoms with Gasteiger partial charge in [-0.1, -0.05) is 32.1 Å². The van der Waals surface area contributed by atoms with Crippen LogP contribution in [-0.2, 0) is 9.36 Å². The third kappa shape index (κ3) is 2.39. The van der Waals surface area contributed by atoms with Crippen LogP contribution in [0.2, 0.25) is 0 Å². The van der Waals surface area contributed by atoms with Crippen LogP contribution in [0.4, 0.5) is 0 Å². The Balaban J connectivity index is 3.11. The molecule has 15 heavy (non-hydrogen) atoms. The van der Waals surface area contributed by atoms with E-state index in [4.69, 9.17) is 5.11 Å². The average molecular weight is 230 g/mol. The standard InChI is InChI=1S/C10H15O4P/c1-7-4-3-5-8(15(13)14)10(7,2)6-9(11)12/h3-5,7,15H,6H2,1-2H3,(H,11,12)(H,13,14). The van der Waals surface area contributed by atoms with Crippen LogP contribution in [0.15, 0.2) is 23.5 Å². The number of hydrogen-bond acceptors (Lipinski definition) is 2. The van der Waals surface area contributed by atoms with Crippen molar-refractivity contribution in [3.63, 3.8) is 0 Å². The van der Waals surface area contributed by atoms with Gasteiger partial charge in [0, 0.05) is 10.7 Å². The van der Waals surface area contributed by atoms with E-state index in [-0.39, 0.29) is 12.3 Å². The van der Waals surface area contributed by atoms with E-state index in [1.54, 1.807) is 19.1 Å². The lowest BCUT2D eigenvalue weighted by molar-refractivity contribution is -0.139. The molecule has 3 unspecified atom stereocenters. The Kier molecular flexibility index (Phi) is 3.53. The first-order valence-corrected chi connectivity index (χ1v) is 6.07. The highest BCUT2D eigenvalue weighted by Crippen LogP contribution is 2.51. The van der Waals surface area contributed by atoms with Gasteiger partial charge >= 0.3 is 5.97 Å². The molecular formula is C10H15O4P. The molecule has 0 amide bonds. The van der Waals surface area contributed by atoms with Crippen molar-refractivity contribution in [3.05, 3.63) is 23.5 Å². The molecule has 0 saturated carbocycles. The summed E-state index contributed by atoms with van der Waals surface area (Å²) in [6, 6.07) is 0. The lowest BCUT2D eigenvalue weighted by Crippen LogP contribution is -2.30. The van der Waals surface area contributed by atoms with Crippen LogP contribution in [0.3, 0.4) is 0 Å². The van der Waals surface area contributed by atoms with Crippen molar-refractivity contribution in [2.75, 3.05) is 0 Å². The molecule has 0 bridgehead atoms. The summed E-state index contributed by atoms with van der Waals surface area (Å²) in [6.45, 7) is 3.58. The van der Waals surface area contributed by atoms with Gasteiger partial charge in [-0.15, -0.1) is 0 Å². The van der Waals surface area contributed by atoms with Crippen LogP contribution >= 0.6 is 8.03 Å². The first kappa shape index (κ1) is 12.2. The Hall–Kier alpha value is -0.860. The monoisotopic (exact) mass is 230 g/mol. The molecule has 84 valence electrons. The van der Waals surface area contributed by atoms with Gasteiger partial charge in [0.1, 0.15) is 0 Å². The Morgan fingerprint density at radius 1 is 1.67 bits per heavy atom. The summed E-state index contributed by atoms with van der Waals surface area (Å²) in [5.41, 5.74) is -0.745. The zero-order valence-electron chi connectivity index (χ0n) is 8.73. The third-order valence-corrected chi connectivity index (χ3v) is 4.23. The van der Waals surface area contributed by atoms with E-state index in [1.165, 1.54) is 0 Å². The van der Waals surface area contributed by atoms with Crippen LogP contribution in [0, 0.1) is 11.3 Å². The van der Waals surface area contributed by atoms with Gasteiger partial charge in [0.2, 0.25) is 8.03 Å². The average Bonchev–Trinajstić information content (AvgIpc) is 2.08. The van der Waals surface area contributed by atoms with Crippen LogP contribution < -0.4 is 0 Å². The minimum Gasteiger partial charge on any atom is -0.481 e. The first-order chi connectivity index (χ1) is 6.88. The van der Waals surface area contributed by atoms with E-state index in [9.17, 15) is 14.3 Å². The summed E-state index contributed by atoms with van der Waals surface area (Å²) in [5.74, 6) is -0.997. The molecule has 0 heterocycles. The molecule has 0 radical (unpaired) electrons. The fourth-order valence-corrected chi connectivity index (χ4v) is 2.90. The number of aliphatic carboxylic acids is 1. The van der Waals surface area contributed by atoms with Crippen molar-refractivity contribution in [3.8, 4) is 0 Å². The Bertz CT molecular complexity index is 358. The lowest BCUT2D eigenvalue weighted by Gasteiger charge is -2.36. The molecule has 0 aromatic rings. The normalized spacial score (nSPS) is 32.2. The van der Waals surface area contributed by atoms with E-state index in [0.29, 0.717) is 5.31 Å². The van der Waals surface area contributed by atoms with Gasteiger partial charge in [-0.05, 0) is 5.92 Å². The van der Waals surface area contributed by atoms with Gasteiger partial charge in [0.25, 0.3) is 0 Å². The summed E-state index contributed by atoms with van der Waals surface area (Å²) in [5, 5.41) is 9.18. The molecule has 0 saturated heterocycles. The fourth-order valence-electron chi connectivity index (χ4n) is 1.85. The number of hydrogen-bond donors (Lipinski definition) is 2. The van der Waals surface area contributed by atoms with Gasteiger partial charge in [-0.3, -0.25) is 9.36 Å². The smallest absolute Gasteiger partial charge is 0.304 e. The fraction of sp³-hybridized carbons (Fsp3) is 0.500. The predicted molar refractivity (Wildman–Crippen MR) is 58.0 cm³/mol. The maximum absolute atomic E-state index is 11.2. The highest BCUT2D eigenvalue weighted by Gasteiger charge is 2.39. The Labute approximate surface area is 89.2 Å². The van der Waals surface area contributed by atoms with Crippen LogP contribution in [0.1, 0.15) is 20.3 Å². The molecule has 2 N–H and O–H groups in total. The van der Waals surface area contributed by atoms with Crippen molar-refractivity contribution in [2.24, 2.45) is 11.3 Å². The highest BCUT2D eigenvalue weighted by molar-refractivity contribution is 7.43. The van der Waals surface area contributed by atoms with E-state index in [1.807, 2.05) is 13.0 Å². The van der Waals surface area contributed by atoms with E-state index >= 15 is 0 Å². The molecule has 1 aliphatic rings. The van der Waals surface area contributed by atoms with Crippen molar-refractivity contribution >= 4 is 14.0 Å². The topological polar surface area (TPSA) is 74.6 Å². The number of carboxylic acid groups (broad SMARTS) is 1. The first-order valence-electron chi connectivity index (χ1n) is 4.72. The van der Waals surface area contributed by atoms with Crippen molar-refractivity contribution in [1.82, 2.24) is 0 Å². The zero-order chi connectivity index (χ0) is 11.6. The number of carboxylic acids is 1. The molecule has 0 spiro atoms. The third-order valence-electron chi connectivity index (χ3n) is 3.03. The van der Waals surface area contributed by atoms with E-state index in [2.05, 4.69) is 0 Å². The molecule has 3 atom stereocenters. The molecular weight excluding hydrogens is 215 g/mol. The van der Waals surface area contributed by atoms with Crippen LogP contribution in [-0.4, -0.2) is 16.0 Å². The van der Waals surface area contributed by atoms with Crippen molar-refractivity contribution in [2.45, 2.75) is 20.3 Å². The minimum absolute atomic E-state index is 0.0466. The number of rotatable bonds is 3. The number of carbonyl (C=O) groups is 1. The highest BCUT2D eigenvalue weighted by atomic mass is 31.1.